The molecule has 3 aromatic rings. The summed E-state index contributed by atoms with van der Waals surface area (Å²) in [5, 5.41) is 15.2. The Balaban J connectivity index is 1.51. The summed E-state index contributed by atoms with van der Waals surface area (Å²) in [6, 6.07) is 3.37. The third kappa shape index (κ3) is 6.96. The van der Waals surface area contributed by atoms with Crippen LogP contribution < -0.4 is 10.2 Å². The number of thiophene rings is 1. The number of carbonyl (C=O) groups excluding carboxylic acids is 1. The average Bonchev–Trinajstić information content (AvgIpc) is 3.48. The van der Waals surface area contributed by atoms with E-state index in [2.05, 4.69) is 20.2 Å². The first-order valence-corrected chi connectivity index (χ1v) is 13.7. The van der Waals surface area contributed by atoms with Crippen LogP contribution in [0.2, 0.25) is 10.0 Å². The Kier molecular flexibility index (Phi) is 9.35. The van der Waals surface area contributed by atoms with E-state index in [4.69, 9.17) is 32.7 Å². The van der Waals surface area contributed by atoms with Gasteiger partial charge in [0.1, 0.15) is 5.82 Å². The number of carbonyl (C=O) groups is 2. The number of aromatic nitrogens is 2. The fourth-order valence-corrected chi connectivity index (χ4v) is 6.15. The zero-order valence-electron chi connectivity index (χ0n) is 20.1. The SMILES string of the molecule is COCCN(C)Cc1sc(NC(=O)c2cnc(N3CCOC(C(=O)O)C3)c(Cl)c2)nc1-c1cc(Cl)cs1. The smallest absolute Gasteiger partial charge is 0.334 e. The van der Waals surface area contributed by atoms with Crippen molar-refractivity contribution in [3.63, 3.8) is 0 Å². The number of morpholine rings is 1. The number of rotatable bonds is 10. The van der Waals surface area contributed by atoms with Crippen molar-refractivity contribution in [1.82, 2.24) is 14.9 Å². The van der Waals surface area contributed by atoms with Crippen molar-refractivity contribution < 1.29 is 24.2 Å². The Bertz CT molecular complexity index is 1270. The molecule has 1 aliphatic rings. The maximum atomic E-state index is 13.0. The van der Waals surface area contributed by atoms with Crippen molar-refractivity contribution >= 4 is 68.7 Å². The van der Waals surface area contributed by atoms with Crippen molar-refractivity contribution in [1.29, 1.82) is 0 Å². The minimum Gasteiger partial charge on any atom is -0.479 e. The summed E-state index contributed by atoms with van der Waals surface area (Å²) in [6.07, 6.45) is 0.448. The number of methoxy groups -OCH3 is 1. The number of nitrogens with zero attached hydrogens (tertiary/aromatic N) is 4. The van der Waals surface area contributed by atoms with Gasteiger partial charge in [-0.2, -0.15) is 0 Å². The highest BCUT2D eigenvalue weighted by Crippen LogP contribution is 2.37. The molecule has 0 spiro atoms. The molecule has 1 saturated heterocycles. The summed E-state index contributed by atoms with van der Waals surface area (Å²) < 4.78 is 10.4. The van der Waals surface area contributed by atoms with Crippen LogP contribution in [0, 0.1) is 0 Å². The van der Waals surface area contributed by atoms with Crippen molar-refractivity contribution in [2.45, 2.75) is 12.6 Å². The molecule has 37 heavy (non-hydrogen) atoms. The van der Waals surface area contributed by atoms with Crippen LogP contribution in [0.25, 0.3) is 10.6 Å². The van der Waals surface area contributed by atoms with E-state index in [1.807, 2.05) is 18.5 Å². The molecular weight excluding hydrogens is 561 g/mol. The van der Waals surface area contributed by atoms with Crippen LogP contribution in [0.5, 0.6) is 0 Å². The van der Waals surface area contributed by atoms with E-state index in [1.165, 1.54) is 34.9 Å². The maximum absolute atomic E-state index is 13.0. The molecule has 4 heterocycles. The third-order valence-electron chi connectivity index (χ3n) is 5.53. The minimum absolute atomic E-state index is 0.115. The molecule has 0 saturated carbocycles. The van der Waals surface area contributed by atoms with Gasteiger partial charge in [-0.15, -0.1) is 11.3 Å². The van der Waals surface area contributed by atoms with E-state index >= 15 is 0 Å². The molecule has 0 bridgehead atoms. The third-order valence-corrected chi connectivity index (χ3v) is 8.05. The molecule has 1 aliphatic heterocycles. The lowest BCUT2D eigenvalue weighted by Gasteiger charge is -2.32. The van der Waals surface area contributed by atoms with Gasteiger partial charge >= 0.3 is 5.97 Å². The monoisotopic (exact) mass is 585 g/mol. The van der Waals surface area contributed by atoms with Crippen LogP contribution in [0.3, 0.4) is 0 Å². The summed E-state index contributed by atoms with van der Waals surface area (Å²) in [5.74, 6) is -1.05. The molecule has 10 nitrogen and oxygen atoms in total. The van der Waals surface area contributed by atoms with Crippen LogP contribution in [0.1, 0.15) is 15.2 Å². The highest BCUT2D eigenvalue weighted by atomic mass is 35.5. The number of thiazole rings is 1. The van der Waals surface area contributed by atoms with Gasteiger partial charge < -0.3 is 19.5 Å². The number of carboxylic acid groups (broad SMARTS) is 1. The standard InChI is InChI=1S/C23H25Cl2N5O5S2/c1-29(3-5-34-2)11-18-19(17-8-14(24)12-36-17)27-23(37-18)28-21(31)13-7-15(25)20(26-9-13)30-4-6-35-16(10-30)22(32)33/h7-9,12,16H,3-6,10-11H2,1-2H3,(H,32,33)(H,27,28,31). The van der Waals surface area contributed by atoms with Crippen molar-refractivity contribution in [2.75, 3.05) is 57.2 Å². The van der Waals surface area contributed by atoms with Gasteiger partial charge in [-0.3, -0.25) is 15.0 Å². The van der Waals surface area contributed by atoms with Crippen LogP contribution in [-0.2, 0) is 20.8 Å². The number of halogens is 2. The fourth-order valence-electron chi connectivity index (χ4n) is 3.66. The summed E-state index contributed by atoms with van der Waals surface area (Å²) in [6.45, 7) is 2.77. The minimum atomic E-state index is -1.05. The van der Waals surface area contributed by atoms with E-state index in [-0.39, 0.29) is 23.7 Å². The second kappa shape index (κ2) is 12.5. The van der Waals surface area contributed by atoms with Crippen LogP contribution >= 0.6 is 45.9 Å². The lowest BCUT2D eigenvalue weighted by molar-refractivity contribution is -0.150. The zero-order chi connectivity index (χ0) is 26.5. The van der Waals surface area contributed by atoms with E-state index < -0.39 is 18.0 Å². The topological polar surface area (TPSA) is 117 Å². The van der Waals surface area contributed by atoms with E-state index in [0.717, 1.165) is 22.0 Å². The number of carboxylic acids is 1. The largest absolute Gasteiger partial charge is 0.479 e. The Labute approximate surface area is 231 Å². The lowest BCUT2D eigenvalue weighted by atomic mass is 10.2. The first-order valence-electron chi connectivity index (χ1n) is 11.2. The number of anilines is 2. The molecule has 1 unspecified atom stereocenters. The Hall–Kier alpha value is -2.32. The van der Waals surface area contributed by atoms with E-state index in [0.29, 0.717) is 35.7 Å². The highest BCUT2D eigenvalue weighted by molar-refractivity contribution is 7.17. The number of ether oxygens (including phenoxy) is 2. The molecule has 2 N–H and O–H groups in total. The molecule has 3 aromatic heterocycles. The molecule has 0 aliphatic carbocycles. The van der Waals surface area contributed by atoms with Crippen molar-refractivity contribution in [3.8, 4) is 10.6 Å². The number of amides is 1. The van der Waals surface area contributed by atoms with Gasteiger partial charge in [-0.1, -0.05) is 34.5 Å². The lowest BCUT2D eigenvalue weighted by Crippen LogP contribution is -2.46. The summed E-state index contributed by atoms with van der Waals surface area (Å²) >= 11 is 15.5. The van der Waals surface area contributed by atoms with Crippen LogP contribution in [0.15, 0.2) is 23.7 Å². The average molecular weight is 587 g/mol. The maximum Gasteiger partial charge on any atom is 0.334 e. The first-order chi connectivity index (χ1) is 17.7. The van der Waals surface area contributed by atoms with Gasteiger partial charge in [0.15, 0.2) is 11.2 Å². The molecule has 1 fully saturated rings. The van der Waals surface area contributed by atoms with E-state index in [1.54, 1.807) is 12.0 Å². The summed E-state index contributed by atoms with van der Waals surface area (Å²) in [5.41, 5.74) is 1.03. The first kappa shape index (κ1) is 27.7. The number of hydrogen-bond acceptors (Lipinski definition) is 10. The number of pyridine rings is 1. The predicted octanol–water partition coefficient (Wildman–Crippen LogP) is 4.19. The van der Waals surface area contributed by atoms with Gasteiger partial charge in [0.05, 0.1) is 45.9 Å². The second-order valence-electron chi connectivity index (χ2n) is 8.28. The van der Waals surface area contributed by atoms with Gasteiger partial charge in [-0.05, 0) is 19.2 Å². The van der Waals surface area contributed by atoms with Crippen LogP contribution in [-0.4, -0.2) is 85.0 Å². The molecule has 14 heteroatoms. The van der Waals surface area contributed by atoms with Gasteiger partial charge in [-0.25, -0.2) is 14.8 Å². The van der Waals surface area contributed by atoms with Gasteiger partial charge in [0.2, 0.25) is 0 Å². The number of hydrogen-bond donors (Lipinski definition) is 2. The Morgan fingerprint density at radius 2 is 2.19 bits per heavy atom. The normalized spacial score (nSPS) is 15.8. The molecule has 0 radical (unpaired) electrons. The highest BCUT2D eigenvalue weighted by Gasteiger charge is 2.28. The molecular formula is C23H25Cl2N5O5S2. The van der Waals surface area contributed by atoms with Gasteiger partial charge in [0.25, 0.3) is 5.91 Å². The van der Waals surface area contributed by atoms with Crippen molar-refractivity contribution in [3.05, 3.63) is 44.2 Å². The second-order valence-corrected chi connectivity index (χ2v) is 11.1. The predicted molar refractivity (Wildman–Crippen MR) is 145 cm³/mol. The number of aliphatic carboxylic acids is 1. The Morgan fingerprint density at radius 3 is 2.86 bits per heavy atom. The van der Waals surface area contributed by atoms with Gasteiger partial charge in [0, 0.05) is 43.2 Å². The van der Waals surface area contributed by atoms with Crippen molar-refractivity contribution in [2.24, 2.45) is 0 Å². The summed E-state index contributed by atoms with van der Waals surface area (Å²) in [7, 11) is 3.65. The fraction of sp³-hybridized carbons (Fsp3) is 0.391. The van der Waals surface area contributed by atoms with E-state index in [9.17, 15) is 14.7 Å². The van der Waals surface area contributed by atoms with Crippen LogP contribution in [0.4, 0.5) is 10.9 Å². The molecule has 0 aromatic carbocycles. The molecule has 198 valence electrons. The summed E-state index contributed by atoms with van der Waals surface area (Å²) in [4.78, 5) is 39.1. The quantitative estimate of drug-likeness (QED) is 0.361. The molecule has 1 atom stereocenters. The number of nitrogens with one attached hydrogen (secondary N) is 1. The molecule has 1 amide bonds. The number of likely N-dealkylation sites (N-methyl/N-ethyl adjacent to an activating group) is 1. The molecule has 4 rings (SSSR count). The Morgan fingerprint density at radius 1 is 1.38 bits per heavy atom. The zero-order valence-corrected chi connectivity index (χ0v) is 23.2.